The Hall–Kier alpha value is -1.40. The molecule has 0 atom stereocenters. The minimum absolute atomic E-state index is 0.101. The summed E-state index contributed by atoms with van der Waals surface area (Å²) < 4.78 is 18.2. The van der Waals surface area contributed by atoms with Crippen LogP contribution in [0.3, 0.4) is 0 Å². The first-order valence-electron chi connectivity index (χ1n) is 3.91. The monoisotopic (exact) mass is 179 g/mol. The Morgan fingerprint density at radius 2 is 2.15 bits per heavy atom. The van der Waals surface area contributed by atoms with Gasteiger partial charge in [0.25, 0.3) is 0 Å². The van der Waals surface area contributed by atoms with Crippen LogP contribution in [0.2, 0.25) is 0 Å². The van der Waals surface area contributed by atoms with Gasteiger partial charge in [0.05, 0.1) is 19.1 Å². The van der Waals surface area contributed by atoms with Gasteiger partial charge in [0.15, 0.2) is 0 Å². The molecule has 68 valence electrons. The highest BCUT2D eigenvalue weighted by Crippen LogP contribution is 2.13. The second-order valence-corrected chi connectivity index (χ2v) is 2.66. The molecule has 1 aromatic rings. The zero-order valence-corrected chi connectivity index (χ0v) is 7.38. The van der Waals surface area contributed by atoms with E-state index in [1.807, 2.05) is 6.07 Å². The topological polar surface area (TPSA) is 33.0 Å². The van der Waals surface area contributed by atoms with Crippen LogP contribution < -0.4 is 0 Å². The Balaban J connectivity index is 2.97. The van der Waals surface area contributed by atoms with Gasteiger partial charge in [0.2, 0.25) is 0 Å². The zero-order valence-electron chi connectivity index (χ0n) is 7.38. The lowest BCUT2D eigenvalue weighted by Crippen LogP contribution is -1.97. The molecule has 3 heteroatoms. The maximum atomic E-state index is 13.4. The summed E-state index contributed by atoms with van der Waals surface area (Å²) in [6.45, 7) is 0.241. The first-order chi connectivity index (χ1) is 6.29. The van der Waals surface area contributed by atoms with Crippen LogP contribution in [-0.4, -0.2) is 7.11 Å². The number of hydrogen-bond acceptors (Lipinski definition) is 2. The average molecular weight is 179 g/mol. The molecule has 0 saturated carbocycles. The highest BCUT2D eigenvalue weighted by molar-refractivity contribution is 5.27. The van der Waals surface area contributed by atoms with Gasteiger partial charge in [-0.25, -0.2) is 4.39 Å². The summed E-state index contributed by atoms with van der Waals surface area (Å²) in [5.41, 5.74) is 0.923. The van der Waals surface area contributed by atoms with Crippen LogP contribution in [0.4, 0.5) is 4.39 Å². The minimum Gasteiger partial charge on any atom is -0.380 e. The van der Waals surface area contributed by atoms with Gasteiger partial charge < -0.3 is 4.74 Å². The van der Waals surface area contributed by atoms with E-state index in [-0.39, 0.29) is 18.8 Å². The van der Waals surface area contributed by atoms with Gasteiger partial charge >= 0.3 is 0 Å². The fourth-order valence-corrected chi connectivity index (χ4v) is 1.12. The van der Waals surface area contributed by atoms with Gasteiger partial charge in [-0.15, -0.1) is 0 Å². The lowest BCUT2D eigenvalue weighted by atomic mass is 10.1. The third-order valence-electron chi connectivity index (χ3n) is 1.73. The maximum absolute atomic E-state index is 13.4. The van der Waals surface area contributed by atoms with E-state index >= 15 is 0 Å². The fourth-order valence-electron chi connectivity index (χ4n) is 1.12. The Labute approximate surface area is 76.6 Å². The van der Waals surface area contributed by atoms with Gasteiger partial charge in [0.1, 0.15) is 5.82 Å². The van der Waals surface area contributed by atoms with Crippen molar-refractivity contribution in [1.29, 1.82) is 5.26 Å². The number of nitrogens with zero attached hydrogens (tertiary/aromatic N) is 1. The quantitative estimate of drug-likeness (QED) is 0.711. The predicted octanol–water partition coefficient (Wildman–Crippen LogP) is 2.04. The highest BCUT2D eigenvalue weighted by atomic mass is 19.1. The second-order valence-electron chi connectivity index (χ2n) is 2.66. The van der Waals surface area contributed by atoms with E-state index in [9.17, 15) is 4.39 Å². The molecule has 0 fully saturated rings. The van der Waals surface area contributed by atoms with Crippen molar-refractivity contribution in [2.75, 3.05) is 7.11 Å². The summed E-state index contributed by atoms with van der Waals surface area (Å²) in [6.07, 6.45) is 0.101. The molecule has 13 heavy (non-hydrogen) atoms. The third kappa shape index (κ3) is 2.27. The summed E-state index contributed by atoms with van der Waals surface area (Å²) in [5.74, 6) is -0.328. The SMILES string of the molecule is COCc1cccc(CC#N)c1F. The van der Waals surface area contributed by atoms with Crippen molar-refractivity contribution in [1.82, 2.24) is 0 Å². The van der Waals surface area contributed by atoms with Gasteiger partial charge in [-0.2, -0.15) is 5.26 Å². The number of methoxy groups -OCH3 is 1. The molecule has 0 saturated heterocycles. The number of hydrogen-bond donors (Lipinski definition) is 0. The predicted molar refractivity (Wildman–Crippen MR) is 46.4 cm³/mol. The van der Waals surface area contributed by atoms with Crippen molar-refractivity contribution in [3.63, 3.8) is 0 Å². The van der Waals surface area contributed by atoms with Crippen LogP contribution in [-0.2, 0) is 17.8 Å². The molecule has 0 aromatic heterocycles. The van der Waals surface area contributed by atoms with Crippen molar-refractivity contribution >= 4 is 0 Å². The molecule has 0 heterocycles. The zero-order chi connectivity index (χ0) is 9.68. The summed E-state index contributed by atoms with van der Waals surface area (Å²) >= 11 is 0. The van der Waals surface area contributed by atoms with Crippen LogP contribution in [0, 0.1) is 17.1 Å². The number of halogens is 1. The first kappa shape index (κ1) is 9.69. The molecule has 0 spiro atoms. The van der Waals surface area contributed by atoms with E-state index in [1.54, 1.807) is 18.2 Å². The summed E-state index contributed by atoms with van der Waals surface area (Å²) in [4.78, 5) is 0. The molecule has 1 rings (SSSR count). The van der Waals surface area contributed by atoms with E-state index in [0.29, 0.717) is 11.1 Å². The number of benzene rings is 1. The Bertz CT molecular complexity index is 330. The number of nitriles is 1. The van der Waals surface area contributed by atoms with Crippen molar-refractivity contribution in [3.05, 3.63) is 35.1 Å². The summed E-state index contributed by atoms with van der Waals surface area (Å²) in [6, 6.07) is 6.90. The molecule has 0 aliphatic rings. The normalized spacial score (nSPS) is 9.62. The van der Waals surface area contributed by atoms with E-state index in [1.165, 1.54) is 7.11 Å². The van der Waals surface area contributed by atoms with Crippen LogP contribution in [0.1, 0.15) is 11.1 Å². The second kappa shape index (κ2) is 4.58. The smallest absolute Gasteiger partial charge is 0.132 e. The van der Waals surface area contributed by atoms with Crippen molar-refractivity contribution in [2.45, 2.75) is 13.0 Å². The van der Waals surface area contributed by atoms with E-state index in [0.717, 1.165) is 0 Å². The number of ether oxygens (including phenoxy) is 1. The van der Waals surface area contributed by atoms with Gasteiger partial charge in [-0.1, -0.05) is 18.2 Å². The molecule has 0 aliphatic heterocycles. The van der Waals surface area contributed by atoms with Crippen LogP contribution in [0.5, 0.6) is 0 Å². The lowest BCUT2D eigenvalue weighted by molar-refractivity contribution is 0.181. The maximum Gasteiger partial charge on any atom is 0.132 e. The van der Waals surface area contributed by atoms with Crippen molar-refractivity contribution < 1.29 is 9.13 Å². The fraction of sp³-hybridized carbons (Fsp3) is 0.300. The Morgan fingerprint density at radius 3 is 2.77 bits per heavy atom. The summed E-state index contributed by atoms with van der Waals surface area (Å²) in [7, 11) is 1.51. The third-order valence-corrected chi connectivity index (χ3v) is 1.73. The molecule has 0 unspecified atom stereocenters. The van der Waals surface area contributed by atoms with Gasteiger partial charge in [-0.3, -0.25) is 0 Å². The van der Waals surface area contributed by atoms with E-state index in [2.05, 4.69) is 0 Å². The molecule has 1 aromatic carbocycles. The molecule has 0 N–H and O–H groups in total. The van der Waals surface area contributed by atoms with Crippen LogP contribution >= 0.6 is 0 Å². The Kier molecular flexibility index (Phi) is 3.41. The molecule has 0 amide bonds. The number of rotatable bonds is 3. The highest BCUT2D eigenvalue weighted by Gasteiger charge is 2.06. The molecule has 2 nitrogen and oxygen atoms in total. The van der Waals surface area contributed by atoms with Crippen LogP contribution in [0.15, 0.2) is 18.2 Å². The van der Waals surface area contributed by atoms with E-state index in [4.69, 9.17) is 10.00 Å². The lowest BCUT2D eigenvalue weighted by Gasteiger charge is -2.04. The molecular weight excluding hydrogens is 169 g/mol. The van der Waals surface area contributed by atoms with E-state index < -0.39 is 0 Å². The molecule has 0 radical (unpaired) electrons. The molecule has 0 aliphatic carbocycles. The molecular formula is C10H10FNO. The standard InChI is InChI=1S/C10H10FNO/c1-13-7-9-4-2-3-8(5-6-12)10(9)11/h2-4H,5,7H2,1H3. The Morgan fingerprint density at radius 1 is 1.46 bits per heavy atom. The average Bonchev–Trinajstić information content (AvgIpc) is 2.13. The first-order valence-corrected chi connectivity index (χ1v) is 3.91. The largest absolute Gasteiger partial charge is 0.380 e. The van der Waals surface area contributed by atoms with Crippen LogP contribution in [0.25, 0.3) is 0 Å². The van der Waals surface area contributed by atoms with Crippen molar-refractivity contribution in [3.8, 4) is 6.07 Å². The minimum atomic E-state index is -0.328. The molecule has 0 bridgehead atoms. The van der Waals surface area contributed by atoms with Gasteiger partial charge in [-0.05, 0) is 0 Å². The van der Waals surface area contributed by atoms with Crippen molar-refractivity contribution in [2.24, 2.45) is 0 Å². The van der Waals surface area contributed by atoms with Gasteiger partial charge in [0, 0.05) is 18.2 Å². The summed E-state index contributed by atoms with van der Waals surface area (Å²) in [5, 5.41) is 8.42.